The molecule has 0 bridgehead atoms. The van der Waals surface area contributed by atoms with Crippen LogP contribution in [-0.2, 0) is 0 Å². The van der Waals surface area contributed by atoms with E-state index in [2.05, 4.69) is 20.5 Å². The second kappa shape index (κ2) is 3.68. The van der Waals surface area contributed by atoms with E-state index in [1.807, 2.05) is 5.38 Å². The number of nitrogens with one attached hydrogen (secondary N) is 1. The maximum atomic E-state index is 5.58. The van der Waals surface area contributed by atoms with Gasteiger partial charge < -0.3 is 5.32 Å². The first-order valence-corrected chi connectivity index (χ1v) is 4.76. The number of hydrogen-bond donors (Lipinski definition) is 1. The van der Waals surface area contributed by atoms with Crippen molar-refractivity contribution in [3.05, 3.63) is 28.9 Å². The van der Waals surface area contributed by atoms with Gasteiger partial charge in [0, 0.05) is 11.6 Å². The Morgan fingerprint density at radius 2 is 2.23 bits per heavy atom. The van der Waals surface area contributed by atoms with E-state index in [-0.39, 0.29) is 0 Å². The Balaban J connectivity index is 2.15. The molecule has 1 N–H and O–H groups in total. The van der Waals surface area contributed by atoms with E-state index in [1.165, 1.54) is 11.3 Å². The lowest BCUT2D eigenvalue weighted by Gasteiger charge is -1.98. The third-order valence-corrected chi connectivity index (χ3v) is 2.19. The van der Waals surface area contributed by atoms with Crippen LogP contribution >= 0.6 is 22.9 Å². The van der Waals surface area contributed by atoms with Gasteiger partial charge in [-0.15, -0.1) is 21.5 Å². The maximum absolute atomic E-state index is 5.58. The molecule has 6 heteroatoms. The van der Waals surface area contributed by atoms with E-state index in [9.17, 15) is 0 Å². The minimum absolute atomic E-state index is 0.379. The van der Waals surface area contributed by atoms with Gasteiger partial charge in [0.25, 0.3) is 0 Å². The average molecular weight is 213 g/mol. The summed E-state index contributed by atoms with van der Waals surface area (Å²) >= 11 is 7.08. The molecule has 2 aromatic heterocycles. The predicted octanol–water partition coefficient (Wildman–Crippen LogP) is 2.33. The molecule has 0 fully saturated rings. The van der Waals surface area contributed by atoms with Crippen LogP contribution in [0.5, 0.6) is 0 Å². The Labute approximate surface area is 83.6 Å². The summed E-state index contributed by atoms with van der Waals surface area (Å²) in [4.78, 5) is 4.04. The molecule has 0 unspecified atom stereocenters. The molecule has 0 radical (unpaired) electrons. The molecule has 0 saturated carbocycles. The van der Waals surface area contributed by atoms with Crippen molar-refractivity contribution in [2.45, 2.75) is 0 Å². The number of rotatable bonds is 2. The van der Waals surface area contributed by atoms with E-state index in [0.29, 0.717) is 11.0 Å². The van der Waals surface area contributed by atoms with E-state index >= 15 is 0 Å². The monoisotopic (exact) mass is 212 g/mol. The molecule has 0 aliphatic carbocycles. The first-order chi connectivity index (χ1) is 6.34. The maximum Gasteiger partial charge on any atom is 0.188 e. The number of halogens is 1. The predicted molar refractivity (Wildman–Crippen MR) is 52.4 cm³/mol. The van der Waals surface area contributed by atoms with Crippen molar-refractivity contribution in [2.24, 2.45) is 0 Å². The molecule has 4 nitrogen and oxygen atoms in total. The fourth-order valence-corrected chi connectivity index (χ4v) is 1.41. The minimum atomic E-state index is 0.379. The first kappa shape index (κ1) is 8.40. The van der Waals surface area contributed by atoms with Crippen LogP contribution in [0.4, 0.5) is 10.9 Å². The van der Waals surface area contributed by atoms with Gasteiger partial charge in [-0.3, -0.25) is 0 Å². The second-order valence-electron chi connectivity index (χ2n) is 2.20. The van der Waals surface area contributed by atoms with Gasteiger partial charge in [0.2, 0.25) is 0 Å². The summed E-state index contributed by atoms with van der Waals surface area (Å²) in [6, 6.07) is 3.42. The second-order valence-corrected chi connectivity index (χ2v) is 3.49. The van der Waals surface area contributed by atoms with Crippen molar-refractivity contribution in [2.75, 3.05) is 5.32 Å². The standard InChI is InChI=1S/C7H5ClN4S/c8-5-1-2-6(12-11-5)10-7-9-3-4-13-7/h1-4H,(H,9,10,12). The Kier molecular flexibility index (Phi) is 2.37. The zero-order valence-corrected chi connectivity index (χ0v) is 8.01. The Morgan fingerprint density at radius 3 is 2.85 bits per heavy atom. The molecule has 0 spiro atoms. The molecule has 0 atom stereocenters. The number of anilines is 2. The molecule has 0 aliphatic rings. The van der Waals surface area contributed by atoms with Gasteiger partial charge in [-0.05, 0) is 12.1 Å². The molecular formula is C7H5ClN4S. The van der Waals surface area contributed by atoms with Gasteiger partial charge in [0.15, 0.2) is 16.1 Å². The summed E-state index contributed by atoms with van der Waals surface area (Å²) in [5.41, 5.74) is 0. The largest absolute Gasteiger partial charge is 0.315 e. The van der Waals surface area contributed by atoms with Crippen molar-refractivity contribution in [3.8, 4) is 0 Å². The molecule has 2 heterocycles. The van der Waals surface area contributed by atoms with Gasteiger partial charge in [-0.1, -0.05) is 11.6 Å². The lowest BCUT2D eigenvalue weighted by atomic mass is 10.5. The summed E-state index contributed by atoms with van der Waals surface area (Å²) in [7, 11) is 0. The van der Waals surface area contributed by atoms with Crippen LogP contribution < -0.4 is 5.32 Å². The average Bonchev–Trinajstić information content (AvgIpc) is 2.62. The van der Waals surface area contributed by atoms with Crippen molar-refractivity contribution >= 4 is 33.9 Å². The van der Waals surface area contributed by atoms with E-state index in [4.69, 9.17) is 11.6 Å². The lowest BCUT2D eigenvalue weighted by molar-refractivity contribution is 1.04. The fraction of sp³-hybridized carbons (Fsp3) is 0. The van der Waals surface area contributed by atoms with Crippen molar-refractivity contribution in [1.82, 2.24) is 15.2 Å². The quantitative estimate of drug-likeness (QED) is 0.830. The highest BCUT2D eigenvalue weighted by Gasteiger charge is 1.97. The smallest absolute Gasteiger partial charge is 0.188 e. The van der Waals surface area contributed by atoms with E-state index in [1.54, 1.807) is 18.3 Å². The first-order valence-electron chi connectivity index (χ1n) is 3.50. The van der Waals surface area contributed by atoms with Crippen LogP contribution in [0.2, 0.25) is 5.15 Å². The Morgan fingerprint density at radius 1 is 1.31 bits per heavy atom. The fourth-order valence-electron chi connectivity index (χ4n) is 0.777. The Bertz CT molecular complexity index is 372. The van der Waals surface area contributed by atoms with Crippen molar-refractivity contribution in [3.63, 3.8) is 0 Å². The van der Waals surface area contributed by atoms with Crippen LogP contribution in [0, 0.1) is 0 Å². The van der Waals surface area contributed by atoms with Gasteiger partial charge in [0.1, 0.15) is 0 Å². The molecule has 0 amide bonds. The summed E-state index contributed by atoms with van der Waals surface area (Å²) in [5, 5.41) is 13.6. The van der Waals surface area contributed by atoms with Crippen LogP contribution in [0.3, 0.4) is 0 Å². The number of hydrogen-bond acceptors (Lipinski definition) is 5. The van der Waals surface area contributed by atoms with Crippen molar-refractivity contribution < 1.29 is 0 Å². The van der Waals surface area contributed by atoms with Gasteiger partial charge in [-0.2, -0.15) is 0 Å². The normalized spacial score (nSPS) is 9.92. The highest BCUT2D eigenvalue weighted by atomic mass is 35.5. The molecule has 2 aromatic rings. The third kappa shape index (κ3) is 2.13. The highest BCUT2D eigenvalue weighted by molar-refractivity contribution is 7.13. The van der Waals surface area contributed by atoms with Crippen molar-refractivity contribution in [1.29, 1.82) is 0 Å². The summed E-state index contributed by atoms with van der Waals surface area (Å²) in [6.07, 6.45) is 1.72. The van der Waals surface area contributed by atoms with Crippen LogP contribution in [0.1, 0.15) is 0 Å². The lowest BCUT2D eigenvalue weighted by Crippen LogP contribution is -1.93. The minimum Gasteiger partial charge on any atom is -0.315 e. The molecule has 66 valence electrons. The SMILES string of the molecule is Clc1ccc(Nc2nccs2)nn1. The number of aromatic nitrogens is 3. The molecule has 0 saturated heterocycles. The zero-order chi connectivity index (χ0) is 9.10. The van der Waals surface area contributed by atoms with Crippen LogP contribution in [-0.4, -0.2) is 15.2 Å². The van der Waals surface area contributed by atoms with Gasteiger partial charge >= 0.3 is 0 Å². The molecule has 2 rings (SSSR count). The van der Waals surface area contributed by atoms with E-state index < -0.39 is 0 Å². The van der Waals surface area contributed by atoms with Gasteiger partial charge in [-0.25, -0.2) is 4.98 Å². The molecule has 0 aliphatic heterocycles. The van der Waals surface area contributed by atoms with E-state index in [0.717, 1.165) is 5.13 Å². The summed E-state index contributed by atoms with van der Waals surface area (Å²) in [6.45, 7) is 0. The number of thiazole rings is 1. The molecule has 0 aromatic carbocycles. The highest BCUT2D eigenvalue weighted by Crippen LogP contribution is 2.16. The zero-order valence-electron chi connectivity index (χ0n) is 6.44. The van der Waals surface area contributed by atoms with Crippen LogP contribution in [0.15, 0.2) is 23.7 Å². The third-order valence-electron chi connectivity index (χ3n) is 1.30. The molecular weight excluding hydrogens is 208 g/mol. The topological polar surface area (TPSA) is 50.7 Å². The number of nitrogens with zero attached hydrogens (tertiary/aromatic N) is 3. The van der Waals surface area contributed by atoms with Crippen LogP contribution in [0.25, 0.3) is 0 Å². The molecule has 13 heavy (non-hydrogen) atoms. The van der Waals surface area contributed by atoms with Gasteiger partial charge in [0.05, 0.1) is 0 Å². The summed E-state index contributed by atoms with van der Waals surface area (Å²) < 4.78 is 0. The summed E-state index contributed by atoms with van der Waals surface area (Å²) in [5.74, 6) is 0.638. The Hall–Kier alpha value is -1.20.